The fourth-order valence-electron chi connectivity index (χ4n) is 1.68. The van der Waals surface area contributed by atoms with E-state index in [9.17, 15) is 9.59 Å². The van der Waals surface area contributed by atoms with Crippen LogP contribution in [0.3, 0.4) is 0 Å². The molecule has 1 rings (SSSR count). The fourth-order valence-corrected chi connectivity index (χ4v) is 1.68. The molecule has 0 bridgehead atoms. The summed E-state index contributed by atoms with van der Waals surface area (Å²) in [6, 6.07) is -0.518. The molecule has 1 saturated heterocycles. The number of rotatable bonds is 2. The van der Waals surface area contributed by atoms with Crippen LogP contribution in [0.5, 0.6) is 0 Å². The molecule has 0 radical (unpaired) electrons. The Bertz CT molecular complexity index is 268. The minimum atomic E-state index is -0.419. The first-order valence-electron chi connectivity index (χ1n) is 5.55. The minimum Gasteiger partial charge on any atom is -0.357 e. The molecule has 6 heteroatoms. The summed E-state index contributed by atoms with van der Waals surface area (Å²) in [4.78, 5) is 25.0. The van der Waals surface area contributed by atoms with Gasteiger partial charge >= 0.3 is 6.03 Å². The molecule has 3 N–H and O–H groups in total. The summed E-state index contributed by atoms with van der Waals surface area (Å²) in [6.07, 6.45) is 0. The van der Waals surface area contributed by atoms with Crippen molar-refractivity contribution < 1.29 is 9.59 Å². The molecule has 1 unspecified atom stereocenters. The van der Waals surface area contributed by atoms with Crippen molar-refractivity contribution in [3.05, 3.63) is 0 Å². The van der Waals surface area contributed by atoms with Crippen molar-refractivity contribution in [2.45, 2.75) is 25.9 Å². The molecular weight excluding hydrogens is 208 g/mol. The van der Waals surface area contributed by atoms with E-state index >= 15 is 0 Å². The third kappa shape index (κ3) is 3.10. The van der Waals surface area contributed by atoms with Crippen LogP contribution < -0.4 is 16.0 Å². The molecule has 1 aliphatic heterocycles. The summed E-state index contributed by atoms with van der Waals surface area (Å²) in [5, 5.41) is 8.48. The van der Waals surface area contributed by atoms with Crippen LogP contribution in [0.2, 0.25) is 0 Å². The average Bonchev–Trinajstić information content (AvgIpc) is 2.27. The number of hydrogen-bond acceptors (Lipinski definition) is 3. The molecule has 92 valence electrons. The lowest BCUT2D eigenvalue weighted by atomic mass is 10.2. The highest BCUT2D eigenvalue weighted by molar-refractivity contribution is 5.87. The van der Waals surface area contributed by atoms with Crippen molar-refractivity contribution in [1.82, 2.24) is 20.9 Å². The zero-order valence-corrected chi connectivity index (χ0v) is 10.0. The molecule has 0 aromatic heterocycles. The van der Waals surface area contributed by atoms with Crippen molar-refractivity contribution in [2.24, 2.45) is 0 Å². The molecular formula is C10H20N4O2. The molecule has 0 spiro atoms. The van der Waals surface area contributed by atoms with Crippen molar-refractivity contribution in [3.63, 3.8) is 0 Å². The van der Waals surface area contributed by atoms with Gasteiger partial charge in [0.25, 0.3) is 0 Å². The number of hydrogen-bond donors (Lipinski definition) is 3. The Kier molecular flexibility index (Phi) is 4.54. The number of piperazine rings is 1. The van der Waals surface area contributed by atoms with E-state index < -0.39 is 6.04 Å². The third-order valence-corrected chi connectivity index (χ3v) is 2.47. The molecule has 1 fully saturated rings. The zero-order valence-electron chi connectivity index (χ0n) is 10.0. The van der Waals surface area contributed by atoms with Gasteiger partial charge in [-0.3, -0.25) is 4.79 Å². The molecule has 1 heterocycles. The Morgan fingerprint density at radius 3 is 2.69 bits per heavy atom. The molecule has 3 amide bonds. The van der Waals surface area contributed by atoms with Gasteiger partial charge in [0.1, 0.15) is 6.04 Å². The van der Waals surface area contributed by atoms with Gasteiger partial charge in [-0.15, -0.1) is 0 Å². The van der Waals surface area contributed by atoms with Crippen LogP contribution in [0, 0.1) is 0 Å². The monoisotopic (exact) mass is 228 g/mol. The summed E-state index contributed by atoms with van der Waals surface area (Å²) in [6.45, 7) is 5.57. The topological polar surface area (TPSA) is 73.5 Å². The number of likely N-dealkylation sites (N-methyl/N-ethyl adjacent to an activating group) is 1. The van der Waals surface area contributed by atoms with Gasteiger partial charge in [-0.1, -0.05) is 0 Å². The minimum absolute atomic E-state index is 0.0766. The number of carbonyl (C=O) groups is 2. The predicted molar refractivity (Wildman–Crippen MR) is 61.1 cm³/mol. The van der Waals surface area contributed by atoms with Crippen LogP contribution in [-0.4, -0.2) is 55.6 Å². The molecule has 1 atom stereocenters. The molecule has 0 aromatic carbocycles. The second kappa shape index (κ2) is 5.69. The average molecular weight is 228 g/mol. The largest absolute Gasteiger partial charge is 0.357 e. The van der Waals surface area contributed by atoms with E-state index in [2.05, 4.69) is 16.0 Å². The Morgan fingerprint density at radius 1 is 1.44 bits per heavy atom. The van der Waals surface area contributed by atoms with Crippen molar-refractivity contribution in [2.75, 3.05) is 26.7 Å². The van der Waals surface area contributed by atoms with Gasteiger partial charge in [0.2, 0.25) is 5.91 Å². The van der Waals surface area contributed by atoms with Crippen LogP contribution in [0.25, 0.3) is 0 Å². The second-order valence-corrected chi connectivity index (χ2v) is 4.13. The van der Waals surface area contributed by atoms with Crippen LogP contribution >= 0.6 is 0 Å². The molecule has 0 saturated carbocycles. The Balaban J connectivity index is 2.66. The van der Waals surface area contributed by atoms with Gasteiger partial charge < -0.3 is 20.9 Å². The quantitative estimate of drug-likeness (QED) is 0.575. The standard InChI is InChI=1S/C10H20N4O2/c1-7(2)13-10(16)14-5-4-12-6-8(14)9(15)11-3/h7-8,12H,4-6H2,1-3H3,(H,11,15)(H,13,16). The van der Waals surface area contributed by atoms with E-state index in [0.717, 1.165) is 6.54 Å². The summed E-state index contributed by atoms with van der Waals surface area (Å²) in [5.41, 5.74) is 0. The van der Waals surface area contributed by atoms with E-state index in [1.54, 1.807) is 11.9 Å². The Labute approximate surface area is 95.8 Å². The molecule has 0 aliphatic carbocycles. The van der Waals surface area contributed by atoms with Crippen molar-refractivity contribution >= 4 is 11.9 Å². The maximum Gasteiger partial charge on any atom is 0.318 e. The van der Waals surface area contributed by atoms with Gasteiger partial charge in [-0.2, -0.15) is 0 Å². The van der Waals surface area contributed by atoms with Crippen molar-refractivity contribution in [3.8, 4) is 0 Å². The first-order chi connectivity index (χ1) is 7.56. The molecule has 16 heavy (non-hydrogen) atoms. The number of nitrogens with zero attached hydrogens (tertiary/aromatic N) is 1. The highest BCUT2D eigenvalue weighted by Crippen LogP contribution is 2.04. The Morgan fingerprint density at radius 2 is 2.12 bits per heavy atom. The van der Waals surface area contributed by atoms with Gasteiger partial charge in [-0.05, 0) is 13.8 Å². The molecule has 0 aromatic rings. The molecule has 1 aliphatic rings. The van der Waals surface area contributed by atoms with Crippen LogP contribution in [-0.2, 0) is 4.79 Å². The normalized spacial score (nSPS) is 20.8. The summed E-state index contributed by atoms with van der Waals surface area (Å²) in [7, 11) is 1.58. The van der Waals surface area contributed by atoms with Crippen molar-refractivity contribution in [1.29, 1.82) is 0 Å². The van der Waals surface area contributed by atoms with E-state index in [1.807, 2.05) is 13.8 Å². The van der Waals surface area contributed by atoms with E-state index in [4.69, 9.17) is 0 Å². The lowest BCUT2D eigenvalue weighted by Gasteiger charge is -2.35. The Hall–Kier alpha value is -1.30. The van der Waals surface area contributed by atoms with Crippen LogP contribution in [0.15, 0.2) is 0 Å². The van der Waals surface area contributed by atoms with Gasteiger partial charge in [-0.25, -0.2) is 4.79 Å². The SMILES string of the molecule is CNC(=O)C1CNCCN1C(=O)NC(C)C. The highest BCUT2D eigenvalue weighted by atomic mass is 16.2. The lowest BCUT2D eigenvalue weighted by Crippen LogP contribution is -2.61. The number of amides is 3. The van der Waals surface area contributed by atoms with Crippen LogP contribution in [0.1, 0.15) is 13.8 Å². The number of carbonyl (C=O) groups excluding carboxylic acids is 2. The first-order valence-corrected chi connectivity index (χ1v) is 5.55. The first kappa shape index (κ1) is 12.8. The summed E-state index contributed by atoms with van der Waals surface area (Å²) in [5.74, 6) is -0.133. The maximum atomic E-state index is 11.8. The smallest absolute Gasteiger partial charge is 0.318 e. The van der Waals surface area contributed by atoms with Crippen LogP contribution in [0.4, 0.5) is 4.79 Å². The van der Waals surface area contributed by atoms with Gasteiger partial charge in [0.15, 0.2) is 0 Å². The fraction of sp³-hybridized carbons (Fsp3) is 0.800. The zero-order chi connectivity index (χ0) is 12.1. The third-order valence-electron chi connectivity index (χ3n) is 2.47. The van der Waals surface area contributed by atoms with E-state index in [0.29, 0.717) is 13.1 Å². The van der Waals surface area contributed by atoms with E-state index in [1.165, 1.54) is 0 Å². The number of urea groups is 1. The van der Waals surface area contributed by atoms with E-state index in [-0.39, 0.29) is 18.0 Å². The van der Waals surface area contributed by atoms with Gasteiger partial charge in [0.05, 0.1) is 0 Å². The summed E-state index contributed by atoms with van der Waals surface area (Å²) < 4.78 is 0. The molecule has 6 nitrogen and oxygen atoms in total. The highest BCUT2D eigenvalue weighted by Gasteiger charge is 2.31. The second-order valence-electron chi connectivity index (χ2n) is 4.13. The van der Waals surface area contributed by atoms with Gasteiger partial charge in [0, 0.05) is 32.7 Å². The lowest BCUT2D eigenvalue weighted by molar-refractivity contribution is -0.125. The maximum absolute atomic E-state index is 11.8. The summed E-state index contributed by atoms with van der Waals surface area (Å²) >= 11 is 0. The predicted octanol–water partition coefficient (Wildman–Crippen LogP) is -0.876. The number of nitrogens with one attached hydrogen (secondary N) is 3.